The van der Waals surface area contributed by atoms with Crippen molar-refractivity contribution in [1.82, 2.24) is 58.5 Å². The number of benzene rings is 1. The van der Waals surface area contributed by atoms with Gasteiger partial charge in [-0.1, -0.05) is 52.7 Å². The standard InChI is InChI=1S/C77H129N13O19/c1-53(2)72(67(92)50-58(14-13-31-81-77(78)99)74(96)82-59-20-18-57(19-21-59)51-109-76(98)54(3)4)84-75(97)64(15-11-12-30-79-71(95)52-108-68-17-10-8-9-16-66-73(68)86-87-89(66)33-37-103-41-45-107-49-47-104-42-38-100-34-28-56(7)91)83-70(94)29-35-101-39-43-105-46-48-106-44-40-102-36-32-80-69(93)27-24-62-60-22-25-63-65(26-23-61(60)62)90(55(5)6)88-85-63/h18-21,53-55,58,60-62,64,68,72,85-88H,8-17,22-52H2,1-7H3,(H,79,95)(H,80,93)(H,82,96)(H,83,94)(H,84,97)(H3,78,81,99)/t58-,60+,61-,62+,64-,68?,72+/m1/s1. The number of amides is 7. The molecule has 1 unspecified atom stereocenters. The molecule has 616 valence electrons. The number of nitrogens with one attached hydrogen (secondary N) is 10. The molecular formula is C77H129N13O19. The zero-order valence-electron chi connectivity index (χ0n) is 65.8. The van der Waals surface area contributed by atoms with Gasteiger partial charge in [0.25, 0.3) is 0 Å². The minimum Gasteiger partial charge on any atom is -0.461 e. The molecule has 7 amide bonds. The van der Waals surface area contributed by atoms with Crippen LogP contribution in [0, 0.1) is 35.5 Å². The maximum atomic E-state index is 14.4. The lowest BCUT2D eigenvalue weighted by Crippen LogP contribution is -2.53. The highest BCUT2D eigenvalue weighted by molar-refractivity contribution is 5.98. The van der Waals surface area contributed by atoms with E-state index in [0.717, 1.165) is 69.2 Å². The van der Waals surface area contributed by atoms with Gasteiger partial charge in [-0.15, -0.1) is 11.1 Å². The summed E-state index contributed by atoms with van der Waals surface area (Å²) >= 11 is 0. The highest BCUT2D eigenvalue weighted by Crippen LogP contribution is 2.56. The number of ketones is 2. The lowest BCUT2D eigenvalue weighted by molar-refractivity contribution is -0.148. The molecule has 109 heavy (non-hydrogen) atoms. The number of rotatable bonds is 58. The number of fused-ring (bicyclic) bond motifs is 1. The first-order valence-electron chi connectivity index (χ1n) is 39.7. The Kier molecular flexibility index (Phi) is 43.5. The summed E-state index contributed by atoms with van der Waals surface area (Å²) in [7, 11) is 0. The van der Waals surface area contributed by atoms with Crippen molar-refractivity contribution in [2.45, 2.75) is 201 Å². The maximum absolute atomic E-state index is 14.4. The minimum absolute atomic E-state index is 0.0302. The number of primary amides is 1. The van der Waals surface area contributed by atoms with Crippen LogP contribution in [0.4, 0.5) is 10.5 Å². The van der Waals surface area contributed by atoms with Crippen LogP contribution in [-0.4, -0.2) is 226 Å². The fourth-order valence-corrected chi connectivity index (χ4v) is 13.6. The third kappa shape index (κ3) is 35.9. The lowest BCUT2D eigenvalue weighted by Gasteiger charge is -2.27. The predicted molar refractivity (Wildman–Crippen MR) is 406 cm³/mol. The quantitative estimate of drug-likeness (QED) is 0.0304. The van der Waals surface area contributed by atoms with Crippen molar-refractivity contribution in [1.29, 1.82) is 0 Å². The largest absolute Gasteiger partial charge is 0.461 e. The van der Waals surface area contributed by atoms with Gasteiger partial charge in [0.2, 0.25) is 29.5 Å². The summed E-state index contributed by atoms with van der Waals surface area (Å²) in [6.07, 6.45) is 11.5. The number of allylic oxidation sites excluding steroid dienone is 3. The van der Waals surface area contributed by atoms with E-state index in [1.165, 1.54) is 24.7 Å². The molecule has 7 atom stereocenters. The molecular weight excluding hydrogens is 1410 g/mol. The zero-order valence-corrected chi connectivity index (χ0v) is 65.8. The van der Waals surface area contributed by atoms with Crippen LogP contribution in [0.25, 0.3) is 0 Å². The van der Waals surface area contributed by atoms with Crippen molar-refractivity contribution < 1.29 is 90.5 Å². The molecule has 5 aliphatic rings. The Bertz CT molecular complexity index is 3000. The van der Waals surface area contributed by atoms with Gasteiger partial charge >= 0.3 is 12.0 Å². The number of nitrogens with zero attached hydrogens (tertiary/aromatic N) is 2. The molecule has 1 aromatic carbocycles. The van der Waals surface area contributed by atoms with Crippen LogP contribution in [0.15, 0.2) is 47.1 Å². The first-order valence-corrected chi connectivity index (χ1v) is 39.7. The number of carbonyl (C=O) groups excluding carboxylic acids is 9. The van der Waals surface area contributed by atoms with Crippen LogP contribution in [0.2, 0.25) is 0 Å². The second-order valence-corrected chi connectivity index (χ2v) is 29.3. The van der Waals surface area contributed by atoms with E-state index in [-0.39, 0.29) is 107 Å². The zero-order chi connectivity index (χ0) is 78.6. The highest BCUT2D eigenvalue weighted by Gasteiger charge is 2.50. The summed E-state index contributed by atoms with van der Waals surface area (Å²) in [5, 5.41) is 21.3. The molecule has 3 aliphatic carbocycles. The molecule has 0 spiro atoms. The van der Waals surface area contributed by atoms with Gasteiger partial charge in [0.15, 0.2) is 5.78 Å². The Morgan fingerprint density at radius 1 is 0.569 bits per heavy atom. The Morgan fingerprint density at radius 2 is 1.18 bits per heavy atom. The van der Waals surface area contributed by atoms with E-state index >= 15 is 0 Å². The molecule has 1 saturated carbocycles. The number of unbranched alkanes of at least 4 members (excludes halogenated alkanes) is 1. The van der Waals surface area contributed by atoms with Gasteiger partial charge in [0.1, 0.15) is 31.1 Å². The molecule has 0 aromatic heterocycles. The summed E-state index contributed by atoms with van der Waals surface area (Å²) in [4.78, 5) is 117. The molecule has 1 fully saturated rings. The van der Waals surface area contributed by atoms with E-state index in [4.69, 9.17) is 53.1 Å². The number of hydrazine groups is 4. The fourth-order valence-electron chi connectivity index (χ4n) is 13.6. The van der Waals surface area contributed by atoms with E-state index in [0.29, 0.717) is 166 Å². The van der Waals surface area contributed by atoms with Crippen LogP contribution >= 0.6 is 0 Å². The van der Waals surface area contributed by atoms with Crippen molar-refractivity contribution in [3.63, 3.8) is 0 Å². The Balaban J connectivity index is 0.907. The lowest BCUT2D eigenvalue weighted by atomic mass is 9.89. The molecule has 0 bridgehead atoms. The van der Waals surface area contributed by atoms with Crippen LogP contribution < -0.4 is 59.6 Å². The number of Topliss-reactive ketones (excluding diaryl/α,β-unsaturated/α-hetero) is 2. The average molecular weight is 1540 g/mol. The van der Waals surface area contributed by atoms with Gasteiger partial charge in [0, 0.05) is 68.7 Å². The third-order valence-corrected chi connectivity index (χ3v) is 19.7. The van der Waals surface area contributed by atoms with Gasteiger partial charge in [0.05, 0.1) is 141 Å². The number of hydrogen-bond donors (Lipinski definition) is 11. The second-order valence-electron chi connectivity index (χ2n) is 29.3. The number of ether oxygens (including phenoxy) is 10. The second kappa shape index (κ2) is 52.2. The number of esters is 1. The molecule has 32 nitrogen and oxygen atoms in total. The number of nitrogens with two attached hydrogens (primary N) is 1. The Labute approximate surface area is 644 Å². The summed E-state index contributed by atoms with van der Waals surface area (Å²) < 4.78 is 56.7. The number of urea groups is 1. The molecule has 12 N–H and O–H groups in total. The first kappa shape index (κ1) is 90.8. The van der Waals surface area contributed by atoms with Crippen molar-refractivity contribution in [3.05, 3.63) is 52.6 Å². The Hall–Kier alpha value is -7.11. The minimum atomic E-state index is -1.09. The number of hydrogen-bond acceptors (Lipinski definition) is 25. The van der Waals surface area contributed by atoms with Crippen molar-refractivity contribution in [2.75, 3.05) is 144 Å². The summed E-state index contributed by atoms with van der Waals surface area (Å²) in [6, 6.07) is 4.26. The van der Waals surface area contributed by atoms with E-state index in [9.17, 15) is 43.2 Å². The summed E-state index contributed by atoms with van der Waals surface area (Å²) in [5.41, 5.74) is 24.4. The van der Waals surface area contributed by atoms with Crippen LogP contribution in [0.3, 0.4) is 0 Å². The van der Waals surface area contributed by atoms with Gasteiger partial charge in [-0.2, -0.15) is 0 Å². The van der Waals surface area contributed by atoms with Gasteiger partial charge in [-0.05, 0) is 146 Å². The number of anilines is 1. The average Bonchev–Trinajstić information content (AvgIpc) is 1.61. The van der Waals surface area contributed by atoms with E-state index in [2.05, 4.69) is 72.7 Å². The topological polar surface area (TPSA) is 399 Å². The normalized spacial score (nSPS) is 18.4. The SMILES string of the molecule is CC(=O)CCOCCOCCOCCOCCN1NNC2=C1CCCCCC2OCC(=O)NCCCC[C@@H](NC(=O)CCOCCOCCOCCOCCNC(=O)CC[C@H]1[C@H]2CCC3=C(CC[C@@H]12)N(C(C)C)NN3)C(=O)N[C@H](C(=O)C[C@@H](CCCNC(N)=O)C(=O)Nc1ccc(COC(=O)C(C)C)cc1)C(C)C. The van der Waals surface area contributed by atoms with E-state index < -0.39 is 53.5 Å². The van der Waals surface area contributed by atoms with Crippen LogP contribution in [0.5, 0.6) is 0 Å². The smallest absolute Gasteiger partial charge is 0.312 e. The number of carbonyl (C=O) groups is 9. The fraction of sp³-hybridized carbons (Fsp3) is 0.753. The predicted octanol–water partition coefficient (Wildman–Crippen LogP) is 4.93. The van der Waals surface area contributed by atoms with Crippen LogP contribution in [-0.2, 0) is 92.3 Å². The summed E-state index contributed by atoms with van der Waals surface area (Å²) in [6.45, 7) is 19.8. The van der Waals surface area contributed by atoms with Gasteiger partial charge in [-0.3, -0.25) is 48.4 Å². The van der Waals surface area contributed by atoms with E-state index in [1.807, 2.05) is 5.01 Å². The maximum Gasteiger partial charge on any atom is 0.312 e. The summed E-state index contributed by atoms with van der Waals surface area (Å²) in [5.74, 6) is -2.04. The first-order chi connectivity index (χ1) is 52.7. The highest BCUT2D eigenvalue weighted by atomic mass is 16.6. The third-order valence-electron chi connectivity index (χ3n) is 19.7. The van der Waals surface area contributed by atoms with Crippen molar-refractivity contribution >= 4 is 58.8 Å². The molecule has 0 saturated heterocycles. The molecule has 2 heterocycles. The van der Waals surface area contributed by atoms with E-state index in [1.54, 1.807) is 52.0 Å². The monoisotopic (exact) mass is 1540 g/mol. The molecule has 0 radical (unpaired) electrons. The molecule has 6 rings (SSSR count). The van der Waals surface area contributed by atoms with Gasteiger partial charge < -0.3 is 95.9 Å². The molecule has 1 aromatic rings. The molecule has 2 aliphatic heterocycles. The van der Waals surface area contributed by atoms with Crippen LogP contribution in [0.1, 0.15) is 176 Å². The van der Waals surface area contributed by atoms with Crippen molar-refractivity contribution in [2.24, 2.45) is 41.2 Å². The Morgan fingerprint density at radius 3 is 1.82 bits per heavy atom. The molecule has 32 heteroatoms. The van der Waals surface area contributed by atoms with Crippen molar-refractivity contribution in [3.8, 4) is 0 Å². The van der Waals surface area contributed by atoms with Gasteiger partial charge in [-0.25, -0.2) is 4.79 Å².